The van der Waals surface area contributed by atoms with Crippen molar-refractivity contribution in [2.45, 2.75) is 34.1 Å². The Bertz CT molecular complexity index is 1730. The molecule has 4 aromatic carbocycles. The maximum absolute atomic E-state index is 4.65. The molecule has 0 aliphatic rings. The normalized spacial score (nSPS) is 10.3. The van der Waals surface area contributed by atoms with Crippen LogP contribution in [0.5, 0.6) is 0 Å². The van der Waals surface area contributed by atoms with Crippen molar-refractivity contribution < 1.29 is 20.1 Å². The van der Waals surface area contributed by atoms with Gasteiger partial charge in [-0.3, -0.25) is 9.97 Å². The first kappa shape index (κ1) is 30.7. The third-order valence-electron chi connectivity index (χ3n) is 7.09. The molecule has 6 aromatic rings. The molecule has 0 amide bonds. The predicted molar refractivity (Wildman–Crippen MR) is 169 cm³/mol. The molecule has 0 aliphatic carbocycles. The third-order valence-corrected chi connectivity index (χ3v) is 7.09. The van der Waals surface area contributed by atoms with Crippen molar-refractivity contribution in [3.8, 4) is 44.9 Å². The largest absolute Gasteiger partial charge is 0.304 e. The van der Waals surface area contributed by atoms with E-state index < -0.39 is 0 Å². The van der Waals surface area contributed by atoms with Gasteiger partial charge in [0, 0.05) is 38.7 Å². The van der Waals surface area contributed by atoms with Crippen LogP contribution < -0.4 is 0 Å². The van der Waals surface area contributed by atoms with Crippen LogP contribution in [0.1, 0.15) is 29.2 Å². The molecule has 6 rings (SSSR count). The molecule has 4 heteroatoms. The zero-order valence-corrected chi connectivity index (χ0v) is 26.7. The van der Waals surface area contributed by atoms with Crippen LogP contribution in [0.4, 0.5) is 0 Å². The minimum absolute atomic E-state index is 0. The van der Waals surface area contributed by atoms with E-state index in [4.69, 9.17) is 0 Å². The second-order valence-corrected chi connectivity index (χ2v) is 10.1. The van der Waals surface area contributed by atoms with Crippen LogP contribution >= 0.6 is 0 Å². The fourth-order valence-electron chi connectivity index (χ4n) is 4.56. The summed E-state index contributed by atoms with van der Waals surface area (Å²) in [5.41, 5.74) is 12.7. The van der Waals surface area contributed by atoms with E-state index >= 15 is 0 Å². The van der Waals surface area contributed by atoms with Gasteiger partial charge in [0.1, 0.15) is 0 Å². The number of nitrogens with zero attached hydrogens (tertiary/aromatic N) is 3. The molecule has 2 aromatic heterocycles. The van der Waals surface area contributed by atoms with Crippen molar-refractivity contribution in [2.24, 2.45) is 0 Å². The van der Waals surface area contributed by atoms with Crippen LogP contribution in [-0.2, 0) is 26.5 Å². The molecule has 3 nitrogen and oxygen atoms in total. The van der Waals surface area contributed by atoms with Crippen LogP contribution in [0.2, 0.25) is 0 Å². The van der Waals surface area contributed by atoms with Crippen molar-refractivity contribution in [2.75, 3.05) is 0 Å². The second-order valence-electron chi connectivity index (χ2n) is 10.1. The molecule has 0 saturated heterocycles. The van der Waals surface area contributed by atoms with Gasteiger partial charge in [-0.05, 0) is 46.9 Å². The Kier molecular flexibility index (Phi) is 10.7. The van der Waals surface area contributed by atoms with E-state index in [1.807, 2.05) is 68.0 Å². The fraction of sp³-hybridized carbons (Fsp3) is 0.132. The van der Waals surface area contributed by atoms with Gasteiger partial charge in [0.15, 0.2) is 0 Å². The summed E-state index contributed by atoms with van der Waals surface area (Å²) in [5, 5.41) is 0. The van der Waals surface area contributed by atoms with Crippen LogP contribution in [0.3, 0.4) is 0 Å². The molecule has 0 unspecified atom stereocenters. The van der Waals surface area contributed by atoms with E-state index in [1.165, 1.54) is 33.4 Å². The average Bonchev–Trinajstić information content (AvgIpc) is 3.03. The standard InChI is InChI=1S/C21H20N.C17H13N2.Ir/c1-4-17-14-22-21(19-11-10-15(2)16(3)12-19)13-20(17)18-8-6-5-7-9-18;1-13-11-18-17(19-12-13)16-9-5-8-15(10-16)14-6-3-2-4-7-14;/h5-10,12-14H,4H2,1-3H3;2-8,10-12H,1H3;/q2*-1;. The molecule has 1 radical (unpaired) electrons. The van der Waals surface area contributed by atoms with Gasteiger partial charge in [-0.25, -0.2) is 0 Å². The van der Waals surface area contributed by atoms with Crippen LogP contribution in [-0.4, -0.2) is 15.0 Å². The van der Waals surface area contributed by atoms with E-state index in [0.29, 0.717) is 5.82 Å². The molecular formula is C38H33IrN3-2. The summed E-state index contributed by atoms with van der Waals surface area (Å²) >= 11 is 0. The molecule has 211 valence electrons. The van der Waals surface area contributed by atoms with Gasteiger partial charge in [-0.1, -0.05) is 87.5 Å². The molecule has 2 heterocycles. The summed E-state index contributed by atoms with van der Waals surface area (Å²) in [5.74, 6) is 0.711. The summed E-state index contributed by atoms with van der Waals surface area (Å²) in [6.45, 7) is 8.39. The Morgan fingerprint density at radius 2 is 1.29 bits per heavy atom. The topological polar surface area (TPSA) is 38.7 Å². The molecule has 0 aliphatic heterocycles. The van der Waals surface area contributed by atoms with Gasteiger partial charge in [0.25, 0.3) is 0 Å². The second kappa shape index (κ2) is 14.6. The van der Waals surface area contributed by atoms with E-state index in [0.717, 1.165) is 34.4 Å². The number of hydrogen-bond donors (Lipinski definition) is 0. The number of aromatic nitrogens is 3. The van der Waals surface area contributed by atoms with E-state index in [-0.39, 0.29) is 20.1 Å². The van der Waals surface area contributed by atoms with E-state index in [1.54, 1.807) is 0 Å². The number of aryl methyl sites for hydroxylation is 4. The van der Waals surface area contributed by atoms with E-state index in [9.17, 15) is 0 Å². The van der Waals surface area contributed by atoms with Gasteiger partial charge in [-0.2, -0.15) is 0 Å². The smallest absolute Gasteiger partial charge is 0.0748 e. The Hall–Kier alpha value is -4.24. The van der Waals surface area contributed by atoms with Gasteiger partial charge in [0.2, 0.25) is 0 Å². The van der Waals surface area contributed by atoms with Crippen molar-refractivity contribution in [3.63, 3.8) is 0 Å². The Morgan fingerprint density at radius 3 is 1.93 bits per heavy atom. The first-order valence-corrected chi connectivity index (χ1v) is 13.9. The van der Waals surface area contributed by atoms with Crippen molar-refractivity contribution in [1.29, 1.82) is 0 Å². The molecule has 0 spiro atoms. The summed E-state index contributed by atoms with van der Waals surface area (Å²) in [6, 6.07) is 39.8. The summed E-state index contributed by atoms with van der Waals surface area (Å²) in [7, 11) is 0. The zero-order valence-electron chi connectivity index (χ0n) is 24.4. The Balaban J connectivity index is 0.000000190. The number of hydrogen-bond acceptors (Lipinski definition) is 3. The number of pyridine rings is 1. The summed E-state index contributed by atoms with van der Waals surface area (Å²) in [4.78, 5) is 13.3. The maximum Gasteiger partial charge on any atom is 0.0748 e. The number of benzene rings is 4. The fourth-order valence-corrected chi connectivity index (χ4v) is 4.56. The molecular weight excluding hydrogens is 691 g/mol. The molecule has 0 bridgehead atoms. The number of rotatable bonds is 5. The van der Waals surface area contributed by atoms with Crippen molar-refractivity contribution >= 4 is 0 Å². The van der Waals surface area contributed by atoms with Crippen LogP contribution in [0.25, 0.3) is 44.9 Å². The zero-order chi connectivity index (χ0) is 28.6. The quantitative estimate of drug-likeness (QED) is 0.167. The Labute approximate surface area is 263 Å². The van der Waals surface area contributed by atoms with Crippen LogP contribution in [0.15, 0.2) is 116 Å². The molecule has 0 fully saturated rings. The van der Waals surface area contributed by atoms with Crippen LogP contribution in [0, 0.1) is 32.9 Å². The molecule has 0 saturated carbocycles. The maximum atomic E-state index is 4.65. The van der Waals surface area contributed by atoms with Gasteiger partial charge >= 0.3 is 0 Å². The first-order chi connectivity index (χ1) is 20.0. The Morgan fingerprint density at radius 1 is 0.619 bits per heavy atom. The van der Waals surface area contributed by atoms with Gasteiger partial charge < -0.3 is 4.98 Å². The molecule has 42 heavy (non-hydrogen) atoms. The van der Waals surface area contributed by atoms with Crippen molar-refractivity contribution in [3.05, 3.63) is 150 Å². The SMILES string of the molecule is CCc1cnc(-c2[c-]cc(C)c(C)c2)cc1-c1ccccc1.Cc1cnc(-c2[c-]ccc(-c3ccccc3)c2)nc1.[Ir]. The minimum atomic E-state index is 0. The summed E-state index contributed by atoms with van der Waals surface area (Å²) in [6.07, 6.45) is 6.63. The van der Waals surface area contributed by atoms with E-state index in [2.05, 4.69) is 102 Å². The average molecular weight is 724 g/mol. The van der Waals surface area contributed by atoms with Gasteiger partial charge in [-0.15, -0.1) is 70.3 Å². The first-order valence-electron chi connectivity index (χ1n) is 13.9. The monoisotopic (exact) mass is 724 g/mol. The summed E-state index contributed by atoms with van der Waals surface area (Å²) < 4.78 is 0. The molecule has 0 atom stereocenters. The third kappa shape index (κ3) is 7.53. The van der Waals surface area contributed by atoms with Crippen molar-refractivity contribution in [1.82, 2.24) is 15.0 Å². The molecule has 0 N–H and O–H groups in total. The minimum Gasteiger partial charge on any atom is -0.304 e. The van der Waals surface area contributed by atoms with Gasteiger partial charge in [0.05, 0.1) is 5.82 Å². The predicted octanol–water partition coefficient (Wildman–Crippen LogP) is 9.31.